The molecule has 3 atom stereocenters. The molecule has 0 bridgehead atoms. The van der Waals surface area contributed by atoms with E-state index in [0.717, 1.165) is 96.3 Å². The van der Waals surface area contributed by atoms with Crippen molar-refractivity contribution < 1.29 is 37.3 Å². The van der Waals surface area contributed by atoms with E-state index in [4.69, 9.17) is 13.8 Å². The number of carbonyl (C=O) groups is 2. The van der Waals surface area contributed by atoms with Gasteiger partial charge in [-0.1, -0.05) is 220 Å². The maximum Gasteiger partial charge on any atom is 0.306 e. The standard InChI is InChI=1S/C64H109N2O7P/c1-7-10-13-16-19-22-25-28-30-32-33-35-36-38-41-44-47-50-53-56-63(67)65-61(60-72-74(69,70)71-59-58-66(4,5)6)62(55-52-49-46-43-40-27-24-21-18-15-12-9-3)73-64(68)57-54-51-48-45-42-39-37-34-31-29-26-23-20-17-14-11-8-2/h10,13,19-20,22-23,28-31,33,35,37-39,41,47,50,52,55,61-62H,7-9,11-12,14-18,21,24-27,32,34,36,40,42-46,48-49,51,53-54,56-60H2,1-6H3,(H-,65,67,69,70)/b13-10-,22-19-,23-20-,30-28-,31-29-,35-33-,39-37-,41-38-,50-47-,55-52+. The Kier molecular flexibility index (Phi) is 50.3. The minimum Gasteiger partial charge on any atom is -0.756 e. The Morgan fingerprint density at radius 2 is 0.878 bits per heavy atom. The van der Waals surface area contributed by atoms with E-state index in [1.165, 1.54) is 77.0 Å². The van der Waals surface area contributed by atoms with Gasteiger partial charge in [-0.05, 0) is 109 Å². The van der Waals surface area contributed by atoms with E-state index in [0.29, 0.717) is 23.9 Å². The fraction of sp³-hybridized carbons (Fsp3) is 0.656. The molecule has 9 nitrogen and oxygen atoms in total. The lowest BCUT2D eigenvalue weighted by Gasteiger charge is -2.30. The zero-order valence-electron chi connectivity index (χ0n) is 48.0. The summed E-state index contributed by atoms with van der Waals surface area (Å²) in [5.74, 6) is -0.674. The fourth-order valence-corrected chi connectivity index (χ4v) is 8.33. The smallest absolute Gasteiger partial charge is 0.306 e. The van der Waals surface area contributed by atoms with Crippen LogP contribution < -0.4 is 10.2 Å². The Labute approximate surface area is 454 Å². The van der Waals surface area contributed by atoms with Gasteiger partial charge in [0.25, 0.3) is 7.82 Å². The van der Waals surface area contributed by atoms with Gasteiger partial charge in [-0.15, -0.1) is 0 Å². The molecule has 74 heavy (non-hydrogen) atoms. The molecule has 0 aromatic heterocycles. The summed E-state index contributed by atoms with van der Waals surface area (Å²) in [4.78, 5) is 39.9. The van der Waals surface area contributed by atoms with Crippen LogP contribution in [-0.4, -0.2) is 69.4 Å². The van der Waals surface area contributed by atoms with Gasteiger partial charge in [-0.2, -0.15) is 0 Å². The minimum atomic E-state index is -4.73. The number of esters is 1. The molecule has 0 radical (unpaired) electrons. The number of ether oxygens (including phenoxy) is 1. The van der Waals surface area contributed by atoms with Crippen molar-refractivity contribution in [1.29, 1.82) is 0 Å². The normalized spacial score (nSPS) is 14.6. The van der Waals surface area contributed by atoms with Crippen LogP contribution in [0.5, 0.6) is 0 Å². The molecule has 0 rings (SSSR count). The number of amides is 1. The first-order valence-corrected chi connectivity index (χ1v) is 30.8. The van der Waals surface area contributed by atoms with Crippen LogP contribution in [0.15, 0.2) is 122 Å². The van der Waals surface area contributed by atoms with Gasteiger partial charge in [0.15, 0.2) is 0 Å². The molecule has 0 aromatic rings. The number of quaternary nitrogens is 1. The summed E-state index contributed by atoms with van der Waals surface area (Å²) in [6.07, 6.45) is 73.2. The Morgan fingerprint density at radius 1 is 0.486 bits per heavy atom. The van der Waals surface area contributed by atoms with Gasteiger partial charge in [0.2, 0.25) is 5.91 Å². The number of phosphoric acid groups is 1. The fourth-order valence-electron chi connectivity index (χ4n) is 7.61. The first kappa shape index (κ1) is 70.4. The van der Waals surface area contributed by atoms with Crippen molar-refractivity contribution in [3.63, 3.8) is 0 Å². The van der Waals surface area contributed by atoms with Gasteiger partial charge in [0.05, 0.1) is 33.8 Å². The van der Waals surface area contributed by atoms with Crippen LogP contribution >= 0.6 is 7.82 Å². The Bertz CT molecular complexity index is 1680. The van der Waals surface area contributed by atoms with E-state index in [1.54, 1.807) is 6.08 Å². The van der Waals surface area contributed by atoms with Crippen molar-refractivity contribution in [3.8, 4) is 0 Å². The summed E-state index contributed by atoms with van der Waals surface area (Å²) in [6, 6.07) is -0.946. The molecular weight excluding hydrogens is 940 g/mol. The minimum absolute atomic E-state index is 0.0462. The highest BCUT2D eigenvalue weighted by Crippen LogP contribution is 2.38. The average Bonchev–Trinajstić information content (AvgIpc) is 3.36. The highest BCUT2D eigenvalue weighted by molar-refractivity contribution is 7.45. The van der Waals surface area contributed by atoms with Crippen LogP contribution in [0.25, 0.3) is 0 Å². The Morgan fingerprint density at radius 3 is 1.35 bits per heavy atom. The number of likely N-dealkylation sites (N-methyl/N-ethyl adjacent to an activating group) is 1. The van der Waals surface area contributed by atoms with Crippen LogP contribution in [0.2, 0.25) is 0 Å². The molecule has 10 heteroatoms. The number of nitrogens with one attached hydrogen (secondary N) is 1. The third-order valence-electron chi connectivity index (χ3n) is 12.1. The Balaban J connectivity index is 5.50. The monoisotopic (exact) mass is 1050 g/mol. The van der Waals surface area contributed by atoms with E-state index < -0.39 is 26.6 Å². The van der Waals surface area contributed by atoms with E-state index in [9.17, 15) is 19.0 Å². The molecule has 0 spiro atoms. The summed E-state index contributed by atoms with van der Waals surface area (Å²) in [7, 11) is 1.11. The van der Waals surface area contributed by atoms with Crippen LogP contribution in [-0.2, 0) is 27.9 Å². The van der Waals surface area contributed by atoms with Crippen LogP contribution in [0.1, 0.15) is 220 Å². The van der Waals surface area contributed by atoms with Gasteiger partial charge >= 0.3 is 5.97 Å². The molecule has 0 aliphatic rings. The highest BCUT2D eigenvalue weighted by Gasteiger charge is 2.27. The van der Waals surface area contributed by atoms with Crippen molar-refractivity contribution in [2.45, 2.75) is 232 Å². The van der Waals surface area contributed by atoms with Crippen molar-refractivity contribution in [1.82, 2.24) is 5.32 Å². The summed E-state index contributed by atoms with van der Waals surface area (Å²) in [6.45, 7) is 6.60. The zero-order valence-corrected chi connectivity index (χ0v) is 48.9. The number of phosphoric ester groups is 1. The van der Waals surface area contributed by atoms with Crippen LogP contribution in [0, 0.1) is 0 Å². The largest absolute Gasteiger partial charge is 0.756 e. The molecule has 0 saturated carbocycles. The molecule has 1 N–H and O–H groups in total. The molecule has 0 aliphatic heterocycles. The SMILES string of the molecule is CC/C=C\C/C=C\C/C=C\C/C=C\C/C=C\C/C=C\CCC(=O)NC(COP(=O)([O-])OCC[N+](C)(C)C)C(/C=C/CCCCCCCCCCCC)OC(=O)CCCCCC/C=C\C/C=C\C/C=C\CCCCC. The number of rotatable bonds is 51. The number of unbranched alkanes of at least 4 members (excludes halogenated alkanes) is 17. The average molecular weight is 1050 g/mol. The van der Waals surface area contributed by atoms with E-state index in [1.807, 2.05) is 39.4 Å². The molecule has 1 amide bonds. The predicted molar refractivity (Wildman–Crippen MR) is 316 cm³/mol. The van der Waals surface area contributed by atoms with Crippen molar-refractivity contribution in [3.05, 3.63) is 122 Å². The second-order valence-corrected chi connectivity index (χ2v) is 21.8. The number of hydrogen-bond donors (Lipinski definition) is 1. The molecule has 0 heterocycles. The van der Waals surface area contributed by atoms with E-state index in [2.05, 4.69) is 123 Å². The number of allylic oxidation sites excluding steroid dienone is 19. The van der Waals surface area contributed by atoms with Gasteiger partial charge in [-0.25, -0.2) is 0 Å². The molecule has 3 unspecified atom stereocenters. The van der Waals surface area contributed by atoms with Crippen molar-refractivity contribution >= 4 is 19.7 Å². The third-order valence-corrected chi connectivity index (χ3v) is 13.1. The summed E-state index contributed by atoms with van der Waals surface area (Å²) < 4.78 is 30.2. The maximum atomic E-state index is 13.5. The number of nitrogens with zero attached hydrogens (tertiary/aromatic N) is 1. The summed E-state index contributed by atoms with van der Waals surface area (Å²) in [5.41, 5.74) is 0. The van der Waals surface area contributed by atoms with Gasteiger partial charge in [0.1, 0.15) is 19.3 Å². The second kappa shape index (κ2) is 52.8. The molecule has 0 aliphatic carbocycles. The number of hydrogen-bond acceptors (Lipinski definition) is 7. The highest BCUT2D eigenvalue weighted by atomic mass is 31.2. The lowest BCUT2D eigenvalue weighted by Crippen LogP contribution is -2.47. The number of carbonyl (C=O) groups excluding carboxylic acids is 2. The molecule has 0 fully saturated rings. The summed E-state index contributed by atoms with van der Waals surface area (Å²) in [5, 5.41) is 2.96. The topological polar surface area (TPSA) is 114 Å². The molecule has 0 aromatic carbocycles. The zero-order chi connectivity index (χ0) is 54.3. The van der Waals surface area contributed by atoms with Crippen LogP contribution in [0.3, 0.4) is 0 Å². The third kappa shape index (κ3) is 53.2. The van der Waals surface area contributed by atoms with Crippen molar-refractivity contribution in [2.75, 3.05) is 40.9 Å². The van der Waals surface area contributed by atoms with E-state index in [-0.39, 0.29) is 31.3 Å². The summed E-state index contributed by atoms with van der Waals surface area (Å²) >= 11 is 0. The van der Waals surface area contributed by atoms with E-state index >= 15 is 0 Å². The van der Waals surface area contributed by atoms with Crippen LogP contribution in [0.4, 0.5) is 0 Å². The quantitative estimate of drug-likeness (QED) is 0.0212. The lowest BCUT2D eigenvalue weighted by molar-refractivity contribution is -0.870. The first-order valence-electron chi connectivity index (χ1n) is 29.3. The molecule has 0 saturated heterocycles. The predicted octanol–water partition coefficient (Wildman–Crippen LogP) is 17.3. The molecular formula is C64H109N2O7P. The first-order chi connectivity index (χ1) is 35.9. The van der Waals surface area contributed by atoms with Crippen molar-refractivity contribution in [2.24, 2.45) is 0 Å². The molecule has 422 valence electrons. The van der Waals surface area contributed by atoms with Gasteiger partial charge in [0, 0.05) is 12.8 Å². The van der Waals surface area contributed by atoms with Gasteiger partial charge in [-0.3, -0.25) is 14.2 Å². The maximum absolute atomic E-state index is 13.5. The lowest BCUT2D eigenvalue weighted by atomic mass is 10.1. The van der Waals surface area contributed by atoms with Gasteiger partial charge < -0.3 is 28.5 Å². The Hall–Kier alpha value is -3.59. The second-order valence-electron chi connectivity index (χ2n) is 20.4.